The smallest absolute Gasteiger partial charge is 0.306 e. The van der Waals surface area contributed by atoms with Gasteiger partial charge >= 0.3 is 17.9 Å². The highest BCUT2D eigenvalue weighted by molar-refractivity contribution is 5.71. The Labute approximate surface area is 488 Å². The van der Waals surface area contributed by atoms with E-state index in [1.54, 1.807) is 0 Å². The van der Waals surface area contributed by atoms with Crippen molar-refractivity contribution in [2.75, 3.05) is 13.2 Å². The minimum atomic E-state index is -0.791. The molecule has 0 saturated heterocycles. The molecule has 0 amide bonds. The number of unbranched alkanes of at least 4 members (excludes halogenated alkanes) is 28. The van der Waals surface area contributed by atoms with Crippen LogP contribution in [0.2, 0.25) is 0 Å². The SMILES string of the molecule is CC/C=C\C/C=C\C/C=C\C/C=C\C/C=C\C/C=C\CCCCCCCCCCCCCCCCC(=O)OCC(COC(=O)CCCCCCCCCCCCC)OC(=O)CCCCCC/C=C\C/C=C\C/C=C\C/C=C\CC. The summed E-state index contributed by atoms with van der Waals surface area (Å²) in [5.74, 6) is -0.904. The standard InChI is InChI=1S/C73H122O6/c1-4-7-10-13-16-19-22-24-26-28-29-30-31-32-33-34-35-36-37-38-39-40-41-42-43-45-46-48-51-54-57-60-63-66-72(75)78-69-70(68-77-71(74)65-62-59-56-53-50-21-18-15-12-9-6-3)79-73(76)67-64-61-58-55-52-49-47-44-27-25-23-20-17-14-11-8-5-2/h7-8,10-11,16-17,19-20,24-27,29-30,32-33,35-36,47,49,70H,4-6,9,12-15,18,21-23,28,31,34,37-46,48,50-69H2,1-3H3/b10-7-,11-8-,19-16-,20-17-,26-24-,27-25-,30-29-,33-32-,36-35-,49-47-. The summed E-state index contributed by atoms with van der Waals surface area (Å²) in [5.41, 5.74) is 0. The Morgan fingerprint density at radius 1 is 0.266 bits per heavy atom. The van der Waals surface area contributed by atoms with Crippen molar-refractivity contribution >= 4 is 17.9 Å². The third-order valence-corrected chi connectivity index (χ3v) is 14.0. The normalized spacial score (nSPS) is 12.9. The van der Waals surface area contributed by atoms with E-state index in [2.05, 4.69) is 142 Å². The summed E-state index contributed by atoms with van der Waals surface area (Å²) in [6.45, 7) is 6.40. The van der Waals surface area contributed by atoms with Crippen LogP contribution in [0.1, 0.15) is 303 Å². The minimum Gasteiger partial charge on any atom is -0.462 e. The van der Waals surface area contributed by atoms with Crippen molar-refractivity contribution in [1.82, 2.24) is 0 Å². The second kappa shape index (κ2) is 66.3. The van der Waals surface area contributed by atoms with Gasteiger partial charge in [0.2, 0.25) is 0 Å². The molecule has 0 saturated carbocycles. The molecule has 1 atom stereocenters. The van der Waals surface area contributed by atoms with Crippen LogP contribution in [0.15, 0.2) is 122 Å². The van der Waals surface area contributed by atoms with Crippen LogP contribution >= 0.6 is 0 Å². The van der Waals surface area contributed by atoms with Crippen molar-refractivity contribution in [2.24, 2.45) is 0 Å². The molecule has 0 bridgehead atoms. The lowest BCUT2D eigenvalue weighted by atomic mass is 10.0. The van der Waals surface area contributed by atoms with Crippen LogP contribution in [-0.2, 0) is 28.6 Å². The monoisotopic (exact) mass is 1090 g/mol. The molecule has 6 heteroatoms. The average Bonchev–Trinajstić information content (AvgIpc) is 3.45. The Kier molecular flexibility index (Phi) is 62.8. The number of allylic oxidation sites excluding steroid dienone is 20. The van der Waals surface area contributed by atoms with Crippen LogP contribution in [0.3, 0.4) is 0 Å². The van der Waals surface area contributed by atoms with Gasteiger partial charge in [-0.25, -0.2) is 0 Å². The maximum atomic E-state index is 12.9. The fourth-order valence-corrected chi connectivity index (χ4v) is 9.09. The fourth-order valence-electron chi connectivity index (χ4n) is 9.09. The van der Waals surface area contributed by atoms with E-state index in [1.807, 2.05) is 0 Å². The van der Waals surface area contributed by atoms with E-state index in [4.69, 9.17) is 14.2 Å². The Morgan fingerprint density at radius 2 is 0.494 bits per heavy atom. The van der Waals surface area contributed by atoms with Crippen molar-refractivity contribution in [2.45, 2.75) is 309 Å². The van der Waals surface area contributed by atoms with Crippen molar-refractivity contribution in [1.29, 1.82) is 0 Å². The molecule has 0 radical (unpaired) electrons. The number of hydrogen-bond donors (Lipinski definition) is 0. The van der Waals surface area contributed by atoms with Crippen LogP contribution in [-0.4, -0.2) is 37.2 Å². The quantitative estimate of drug-likeness (QED) is 0.0261. The summed E-state index contributed by atoms with van der Waals surface area (Å²) >= 11 is 0. The molecule has 79 heavy (non-hydrogen) atoms. The molecule has 0 aromatic carbocycles. The molecule has 0 fully saturated rings. The fraction of sp³-hybridized carbons (Fsp3) is 0.685. The Bertz CT molecular complexity index is 1640. The molecule has 0 heterocycles. The summed E-state index contributed by atoms with van der Waals surface area (Å²) in [4.78, 5) is 38.2. The van der Waals surface area contributed by atoms with Crippen LogP contribution in [0.5, 0.6) is 0 Å². The van der Waals surface area contributed by atoms with Crippen molar-refractivity contribution in [3.8, 4) is 0 Å². The van der Waals surface area contributed by atoms with Crippen molar-refractivity contribution in [3.63, 3.8) is 0 Å². The van der Waals surface area contributed by atoms with Crippen molar-refractivity contribution in [3.05, 3.63) is 122 Å². The topological polar surface area (TPSA) is 78.9 Å². The molecule has 0 spiro atoms. The summed E-state index contributed by atoms with van der Waals surface area (Å²) < 4.78 is 16.9. The lowest BCUT2D eigenvalue weighted by molar-refractivity contribution is -0.167. The summed E-state index contributed by atoms with van der Waals surface area (Å²) in [6, 6.07) is 0. The van der Waals surface area contributed by atoms with Crippen LogP contribution in [0.25, 0.3) is 0 Å². The Hall–Kier alpha value is -4.19. The van der Waals surface area contributed by atoms with Gasteiger partial charge in [-0.2, -0.15) is 0 Å². The first kappa shape index (κ1) is 74.8. The van der Waals surface area contributed by atoms with Gasteiger partial charge in [-0.1, -0.05) is 296 Å². The van der Waals surface area contributed by atoms with Gasteiger partial charge in [0, 0.05) is 19.3 Å². The van der Waals surface area contributed by atoms with E-state index in [0.717, 1.165) is 135 Å². The van der Waals surface area contributed by atoms with E-state index < -0.39 is 6.10 Å². The number of ether oxygens (including phenoxy) is 3. The van der Waals surface area contributed by atoms with Gasteiger partial charge in [0.25, 0.3) is 0 Å². The van der Waals surface area contributed by atoms with Gasteiger partial charge in [0.05, 0.1) is 0 Å². The molecule has 0 aliphatic rings. The second-order valence-electron chi connectivity index (χ2n) is 21.6. The highest BCUT2D eigenvalue weighted by atomic mass is 16.6. The van der Waals surface area contributed by atoms with Gasteiger partial charge in [-0.3, -0.25) is 14.4 Å². The predicted molar refractivity (Wildman–Crippen MR) is 343 cm³/mol. The zero-order valence-corrected chi connectivity index (χ0v) is 51.6. The predicted octanol–water partition coefficient (Wildman–Crippen LogP) is 22.8. The number of esters is 3. The number of carbonyl (C=O) groups excluding carboxylic acids is 3. The van der Waals surface area contributed by atoms with E-state index in [9.17, 15) is 14.4 Å². The first-order valence-electron chi connectivity index (χ1n) is 33.0. The summed E-state index contributed by atoms with van der Waals surface area (Å²) in [5, 5.41) is 0. The van der Waals surface area contributed by atoms with Gasteiger partial charge < -0.3 is 14.2 Å². The third-order valence-electron chi connectivity index (χ3n) is 14.0. The molecule has 450 valence electrons. The molecule has 0 aliphatic heterocycles. The number of rotatable bonds is 59. The maximum absolute atomic E-state index is 12.9. The van der Waals surface area contributed by atoms with E-state index in [0.29, 0.717) is 19.3 Å². The van der Waals surface area contributed by atoms with E-state index in [1.165, 1.54) is 128 Å². The zero-order valence-electron chi connectivity index (χ0n) is 51.6. The lowest BCUT2D eigenvalue weighted by Gasteiger charge is -2.18. The third kappa shape index (κ3) is 64.5. The average molecular weight is 1100 g/mol. The summed E-state index contributed by atoms with van der Waals surface area (Å²) in [6.07, 6.45) is 92.2. The van der Waals surface area contributed by atoms with Gasteiger partial charge in [0.1, 0.15) is 13.2 Å². The second-order valence-corrected chi connectivity index (χ2v) is 21.6. The van der Waals surface area contributed by atoms with Crippen molar-refractivity contribution < 1.29 is 28.6 Å². The highest BCUT2D eigenvalue weighted by Crippen LogP contribution is 2.16. The molecular formula is C73H122O6. The largest absolute Gasteiger partial charge is 0.462 e. The molecule has 6 nitrogen and oxygen atoms in total. The van der Waals surface area contributed by atoms with Gasteiger partial charge in [-0.05, 0) is 109 Å². The molecule has 1 unspecified atom stereocenters. The first-order valence-corrected chi connectivity index (χ1v) is 33.0. The zero-order chi connectivity index (χ0) is 57.1. The Balaban J connectivity index is 4.20. The van der Waals surface area contributed by atoms with E-state index in [-0.39, 0.29) is 31.1 Å². The molecule has 0 N–H and O–H groups in total. The first-order chi connectivity index (χ1) is 39.0. The molecule has 0 aromatic rings. The highest BCUT2D eigenvalue weighted by Gasteiger charge is 2.19. The Morgan fingerprint density at radius 3 is 0.772 bits per heavy atom. The minimum absolute atomic E-state index is 0.0862. The maximum Gasteiger partial charge on any atom is 0.306 e. The number of hydrogen-bond acceptors (Lipinski definition) is 6. The number of carbonyl (C=O) groups is 3. The van der Waals surface area contributed by atoms with Crippen LogP contribution in [0.4, 0.5) is 0 Å². The molecule has 0 rings (SSSR count). The van der Waals surface area contributed by atoms with E-state index >= 15 is 0 Å². The molecule has 0 aliphatic carbocycles. The molecule has 0 aromatic heterocycles. The van der Waals surface area contributed by atoms with Gasteiger partial charge in [0.15, 0.2) is 6.10 Å². The van der Waals surface area contributed by atoms with Crippen LogP contribution in [0, 0.1) is 0 Å². The van der Waals surface area contributed by atoms with Gasteiger partial charge in [-0.15, -0.1) is 0 Å². The molecular weight excluding hydrogens is 973 g/mol. The van der Waals surface area contributed by atoms with Crippen LogP contribution < -0.4 is 0 Å². The lowest BCUT2D eigenvalue weighted by Crippen LogP contribution is -2.30. The summed E-state index contributed by atoms with van der Waals surface area (Å²) in [7, 11) is 0.